The van der Waals surface area contributed by atoms with Gasteiger partial charge >= 0.3 is 12.3 Å². The van der Waals surface area contributed by atoms with Crippen molar-refractivity contribution in [3.63, 3.8) is 0 Å². The topological polar surface area (TPSA) is 72.1 Å². The van der Waals surface area contributed by atoms with Crippen LogP contribution >= 0.6 is 0 Å². The van der Waals surface area contributed by atoms with Gasteiger partial charge < -0.3 is 23.9 Å². The maximum Gasteiger partial charge on any atom is 0.416 e. The van der Waals surface area contributed by atoms with Gasteiger partial charge in [-0.2, -0.15) is 13.2 Å². The van der Waals surface area contributed by atoms with Crippen LogP contribution in [0.2, 0.25) is 0 Å². The SMILES string of the molecule is COc1cc(C(F)(F)F)ccc1-c1oc(C(O)[C@@H]2CCN(C(=O)OC(C)(C)C)C2)cc1C. The molecule has 3 rings (SSSR count). The van der Waals surface area contributed by atoms with Crippen molar-refractivity contribution in [3.8, 4) is 17.1 Å². The van der Waals surface area contributed by atoms with E-state index >= 15 is 0 Å². The molecular weight excluding hydrogens is 427 g/mol. The monoisotopic (exact) mass is 455 g/mol. The van der Waals surface area contributed by atoms with Crippen molar-refractivity contribution in [1.82, 2.24) is 4.90 Å². The number of carbonyl (C=O) groups is 1. The molecule has 1 aromatic heterocycles. The highest BCUT2D eigenvalue weighted by Crippen LogP contribution is 2.41. The zero-order valence-corrected chi connectivity index (χ0v) is 18.7. The zero-order chi connectivity index (χ0) is 23.8. The first kappa shape index (κ1) is 24.0. The molecule has 0 aliphatic carbocycles. The van der Waals surface area contributed by atoms with E-state index in [0.29, 0.717) is 36.4 Å². The first-order valence-electron chi connectivity index (χ1n) is 10.3. The number of carbonyl (C=O) groups excluding carboxylic acids is 1. The summed E-state index contributed by atoms with van der Waals surface area (Å²) in [5.41, 5.74) is -0.422. The van der Waals surface area contributed by atoms with E-state index in [1.54, 1.807) is 38.7 Å². The average molecular weight is 455 g/mol. The van der Waals surface area contributed by atoms with E-state index in [9.17, 15) is 23.1 Å². The second-order valence-electron chi connectivity index (χ2n) is 8.99. The number of benzene rings is 1. The molecule has 2 atom stereocenters. The quantitative estimate of drug-likeness (QED) is 0.652. The molecule has 1 aliphatic heterocycles. The zero-order valence-electron chi connectivity index (χ0n) is 18.7. The summed E-state index contributed by atoms with van der Waals surface area (Å²) in [4.78, 5) is 13.8. The molecule has 2 heterocycles. The van der Waals surface area contributed by atoms with Gasteiger partial charge in [-0.15, -0.1) is 0 Å². The molecule has 0 radical (unpaired) electrons. The number of likely N-dealkylation sites (tertiary alicyclic amines) is 1. The van der Waals surface area contributed by atoms with Gasteiger partial charge in [0.05, 0.1) is 18.2 Å². The third-order valence-electron chi connectivity index (χ3n) is 5.32. The fraction of sp³-hybridized carbons (Fsp3) is 0.522. The van der Waals surface area contributed by atoms with E-state index in [1.165, 1.54) is 13.2 Å². The molecule has 32 heavy (non-hydrogen) atoms. The Labute approximate surface area is 184 Å². The molecule has 1 fully saturated rings. The van der Waals surface area contributed by atoms with E-state index in [4.69, 9.17) is 13.9 Å². The number of amides is 1. The molecule has 1 N–H and O–H groups in total. The van der Waals surface area contributed by atoms with Crippen molar-refractivity contribution in [2.24, 2.45) is 5.92 Å². The van der Waals surface area contributed by atoms with Crippen LogP contribution in [-0.2, 0) is 10.9 Å². The summed E-state index contributed by atoms with van der Waals surface area (Å²) in [6, 6.07) is 4.84. The summed E-state index contributed by atoms with van der Waals surface area (Å²) in [6.07, 6.45) is -5.33. The van der Waals surface area contributed by atoms with Gasteiger partial charge in [-0.05, 0) is 63.9 Å². The number of methoxy groups -OCH3 is 1. The Bertz CT molecular complexity index is 977. The Morgan fingerprint density at radius 3 is 2.53 bits per heavy atom. The Hall–Kier alpha value is -2.68. The third-order valence-corrected chi connectivity index (χ3v) is 5.32. The number of alkyl halides is 3. The highest BCUT2D eigenvalue weighted by atomic mass is 19.4. The van der Waals surface area contributed by atoms with Gasteiger partial charge in [0.2, 0.25) is 0 Å². The van der Waals surface area contributed by atoms with Crippen LogP contribution in [0.3, 0.4) is 0 Å². The fourth-order valence-corrected chi connectivity index (χ4v) is 3.74. The van der Waals surface area contributed by atoms with Crippen molar-refractivity contribution in [2.45, 2.75) is 52.0 Å². The molecular formula is C23H28F3NO5. The summed E-state index contributed by atoms with van der Waals surface area (Å²) in [5, 5.41) is 10.9. The van der Waals surface area contributed by atoms with Gasteiger partial charge in [0.1, 0.15) is 29.0 Å². The van der Waals surface area contributed by atoms with E-state index in [-0.39, 0.29) is 17.4 Å². The van der Waals surface area contributed by atoms with Crippen LogP contribution in [0.15, 0.2) is 28.7 Å². The van der Waals surface area contributed by atoms with Crippen LogP contribution in [0.5, 0.6) is 5.75 Å². The van der Waals surface area contributed by atoms with E-state index < -0.39 is 29.5 Å². The summed E-state index contributed by atoms with van der Waals surface area (Å²) < 4.78 is 55.5. The van der Waals surface area contributed by atoms with Crippen molar-refractivity contribution < 1.29 is 37.0 Å². The highest BCUT2D eigenvalue weighted by molar-refractivity contribution is 5.70. The van der Waals surface area contributed by atoms with Crippen molar-refractivity contribution in [2.75, 3.05) is 20.2 Å². The van der Waals surface area contributed by atoms with Gasteiger partial charge in [0.25, 0.3) is 0 Å². The Morgan fingerprint density at radius 2 is 1.94 bits per heavy atom. The number of hydrogen-bond donors (Lipinski definition) is 1. The van der Waals surface area contributed by atoms with E-state index in [2.05, 4.69) is 0 Å². The van der Waals surface area contributed by atoms with Crippen LogP contribution in [-0.4, -0.2) is 41.9 Å². The third kappa shape index (κ3) is 5.20. The maximum atomic E-state index is 13.0. The van der Waals surface area contributed by atoms with Gasteiger partial charge in [0.15, 0.2) is 0 Å². The molecule has 0 saturated carbocycles. The molecule has 0 spiro atoms. The molecule has 1 aliphatic rings. The van der Waals surface area contributed by atoms with Crippen molar-refractivity contribution in [1.29, 1.82) is 0 Å². The summed E-state index contributed by atoms with van der Waals surface area (Å²) >= 11 is 0. The number of aliphatic hydroxyl groups is 1. The number of aryl methyl sites for hydroxylation is 1. The minimum Gasteiger partial charge on any atom is -0.496 e. The van der Waals surface area contributed by atoms with Crippen LogP contribution < -0.4 is 4.74 Å². The lowest BCUT2D eigenvalue weighted by Crippen LogP contribution is -2.35. The smallest absolute Gasteiger partial charge is 0.416 e. The largest absolute Gasteiger partial charge is 0.496 e. The number of rotatable bonds is 4. The minimum absolute atomic E-state index is 0.0234. The lowest BCUT2D eigenvalue weighted by atomic mass is 9.99. The summed E-state index contributed by atoms with van der Waals surface area (Å²) in [5.74, 6) is 0.382. The lowest BCUT2D eigenvalue weighted by molar-refractivity contribution is -0.137. The first-order chi connectivity index (χ1) is 14.8. The summed E-state index contributed by atoms with van der Waals surface area (Å²) in [6.45, 7) is 7.88. The average Bonchev–Trinajstić information content (AvgIpc) is 3.32. The summed E-state index contributed by atoms with van der Waals surface area (Å²) in [7, 11) is 1.29. The second-order valence-corrected chi connectivity index (χ2v) is 8.99. The Morgan fingerprint density at radius 1 is 1.25 bits per heavy atom. The minimum atomic E-state index is -4.49. The molecule has 1 aromatic carbocycles. The van der Waals surface area contributed by atoms with Gasteiger partial charge in [-0.1, -0.05) is 0 Å². The van der Waals surface area contributed by atoms with Gasteiger partial charge in [-0.3, -0.25) is 0 Å². The molecule has 1 amide bonds. The molecule has 176 valence electrons. The van der Waals surface area contributed by atoms with Crippen LogP contribution in [0, 0.1) is 12.8 Å². The number of furan rings is 1. The molecule has 6 nitrogen and oxygen atoms in total. The number of halogens is 3. The molecule has 1 saturated heterocycles. The van der Waals surface area contributed by atoms with Crippen LogP contribution in [0.1, 0.15) is 50.2 Å². The van der Waals surface area contributed by atoms with E-state index in [1.807, 2.05) is 0 Å². The molecule has 0 bridgehead atoms. The highest BCUT2D eigenvalue weighted by Gasteiger charge is 2.36. The van der Waals surface area contributed by atoms with E-state index in [0.717, 1.165) is 12.1 Å². The Balaban J connectivity index is 1.79. The molecule has 2 aromatic rings. The normalized spacial score (nSPS) is 18.0. The number of ether oxygens (including phenoxy) is 2. The Kier molecular flexibility index (Phi) is 6.51. The predicted molar refractivity (Wildman–Crippen MR) is 111 cm³/mol. The van der Waals surface area contributed by atoms with Crippen molar-refractivity contribution >= 4 is 6.09 Å². The van der Waals surface area contributed by atoms with Crippen molar-refractivity contribution in [3.05, 3.63) is 41.2 Å². The lowest BCUT2D eigenvalue weighted by Gasteiger charge is -2.24. The molecule has 9 heteroatoms. The standard InChI is InChI=1S/C23H28F3NO5/c1-13-10-18(19(28)14-8-9-27(12-14)21(29)32-22(2,3)4)31-20(13)16-7-6-15(23(24,25)26)11-17(16)30-5/h6-7,10-11,14,19,28H,8-9,12H2,1-5H3/t14-,19?/m1/s1. The van der Waals surface area contributed by atoms with Crippen LogP contribution in [0.25, 0.3) is 11.3 Å². The first-order valence-corrected chi connectivity index (χ1v) is 10.3. The fourth-order valence-electron chi connectivity index (χ4n) is 3.74. The second kappa shape index (κ2) is 8.69. The molecule has 1 unspecified atom stereocenters. The van der Waals surface area contributed by atoms with Gasteiger partial charge in [-0.25, -0.2) is 4.79 Å². The number of nitrogens with zero attached hydrogens (tertiary/aromatic N) is 1. The predicted octanol–water partition coefficient (Wildman–Crippen LogP) is 5.57. The maximum absolute atomic E-state index is 13.0. The van der Waals surface area contributed by atoms with Gasteiger partial charge in [0, 0.05) is 19.0 Å². The number of hydrogen-bond acceptors (Lipinski definition) is 5. The van der Waals surface area contributed by atoms with Crippen LogP contribution in [0.4, 0.5) is 18.0 Å². The number of aliphatic hydroxyl groups excluding tert-OH is 1.